The van der Waals surface area contributed by atoms with Gasteiger partial charge < -0.3 is 14.7 Å². The summed E-state index contributed by atoms with van der Waals surface area (Å²) in [7, 11) is 8.10. The van der Waals surface area contributed by atoms with Crippen LogP contribution in [0.3, 0.4) is 0 Å². The van der Waals surface area contributed by atoms with E-state index in [1.807, 2.05) is 21.1 Å². The number of guanidine groups is 1. The van der Waals surface area contributed by atoms with Crippen molar-refractivity contribution in [3.8, 4) is 0 Å². The fourth-order valence-electron chi connectivity index (χ4n) is 1.63. The zero-order valence-corrected chi connectivity index (χ0v) is 9.12. The number of rotatable bonds is 0. The molecule has 1 aliphatic heterocycles. The van der Waals surface area contributed by atoms with Gasteiger partial charge in [0.1, 0.15) is 0 Å². The van der Waals surface area contributed by atoms with Gasteiger partial charge in [0.2, 0.25) is 0 Å². The first kappa shape index (κ1) is 10.3. The van der Waals surface area contributed by atoms with Gasteiger partial charge >= 0.3 is 0 Å². The highest BCUT2D eigenvalue weighted by atomic mass is 15.4. The van der Waals surface area contributed by atoms with Crippen LogP contribution in [0, 0.1) is 0 Å². The van der Waals surface area contributed by atoms with Crippen molar-refractivity contribution < 1.29 is 0 Å². The van der Waals surface area contributed by atoms with Gasteiger partial charge in [0.15, 0.2) is 5.96 Å². The highest BCUT2D eigenvalue weighted by molar-refractivity contribution is 5.79. The molecule has 76 valence electrons. The van der Waals surface area contributed by atoms with E-state index in [2.05, 4.69) is 26.7 Å². The summed E-state index contributed by atoms with van der Waals surface area (Å²) in [5, 5.41) is 0. The van der Waals surface area contributed by atoms with Gasteiger partial charge in [-0.15, -0.1) is 0 Å². The smallest absolute Gasteiger partial charge is 0.195 e. The summed E-state index contributed by atoms with van der Waals surface area (Å²) in [5.41, 5.74) is 0. The van der Waals surface area contributed by atoms with Crippen LogP contribution in [0.1, 0.15) is 0 Å². The van der Waals surface area contributed by atoms with Crippen LogP contribution in [-0.2, 0) is 0 Å². The van der Waals surface area contributed by atoms with Gasteiger partial charge in [-0.3, -0.25) is 4.99 Å². The molecule has 13 heavy (non-hydrogen) atoms. The number of hydrogen-bond acceptors (Lipinski definition) is 2. The molecule has 0 spiro atoms. The van der Waals surface area contributed by atoms with Gasteiger partial charge in [0.25, 0.3) is 0 Å². The van der Waals surface area contributed by atoms with E-state index >= 15 is 0 Å². The summed E-state index contributed by atoms with van der Waals surface area (Å²) >= 11 is 0. The highest BCUT2D eigenvalue weighted by Crippen LogP contribution is 2.01. The molecule has 0 saturated carbocycles. The summed E-state index contributed by atoms with van der Waals surface area (Å²) in [4.78, 5) is 11.0. The largest absolute Gasteiger partial charge is 0.349 e. The van der Waals surface area contributed by atoms with Crippen molar-refractivity contribution in [2.75, 3.05) is 54.4 Å². The molecule has 0 amide bonds. The first-order valence-corrected chi connectivity index (χ1v) is 4.72. The third-order valence-corrected chi connectivity index (χ3v) is 2.39. The third-order valence-electron chi connectivity index (χ3n) is 2.39. The maximum Gasteiger partial charge on any atom is 0.195 e. The van der Waals surface area contributed by atoms with Crippen molar-refractivity contribution in [3.05, 3.63) is 0 Å². The molecule has 1 aliphatic rings. The second-order valence-electron chi connectivity index (χ2n) is 3.71. The van der Waals surface area contributed by atoms with Crippen LogP contribution in [0.5, 0.6) is 0 Å². The summed E-state index contributed by atoms with van der Waals surface area (Å²) in [6, 6.07) is 0. The predicted octanol–water partition coefficient (Wildman–Crippen LogP) is -0.219. The standard InChI is InChI=1S/C9H20N4/c1-10-9(11(2)3)13-7-5-12(4)6-8-13/h5-8H2,1-4H3/b10-9+. The lowest BCUT2D eigenvalue weighted by molar-refractivity contribution is 0.203. The molecule has 0 bridgehead atoms. The van der Waals surface area contributed by atoms with Crippen molar-refractivity contribution in [1.82, 2.24) is 14.7 Å². The van der Waals surface area contributed by atoms with Crippen LogP contribution in [0.2, 0.25) is 0 Å². The minimum absolute atomic E-state index is 1.08. The molecular formula is C9H20N4. The van der Waals surface area contributed by atoms with Gasteiger partial charge in [-0.1, -0.05) is 0 Å². The van der Waals surface area contributed by atoms with E-state index in [1.165, 1.54) is 0 Å². The molecule has 0 radical (unpaired) electrons. The Labute approximate surface area is 80.8 Å². The molecule has 1 heterocycles. The monoisotopic (exact) mass is 184 g/mol. The fraction of sp³-hybridized carbons (Fsp3) is 0.889. The Morgan fingerprint density at radius 3 is 2.08 bits per heavy atom. The topological polar surface area (TPSA) is 22.1 Å². The lowest BCUT2D eigenvalue weighted by Gasteiger charge is -2.36. The number of piperazine rings is 1. The van der Waals surface area contributed by atoms with Crippen LogP contribution in [0.15, 0.2) is 4.99 Å². The quantitative estimate of drug-likeness (QED) is 0.384. The predicted molar refractivity (Wildman–Crippen MR) is 56.1 cm³/mol. The van der Waals surface area contributed by atoms with Crippen LogP contribution < -0.4 is 0 Å². The second kappa shape index (κ2) is 4.46. The van der Waals surface area contributed by atoms with Crippen molar-refractivity contribution >= 4 is 5.96 Å². The van der Waals surface area contributed by atoms with Crippen molar-refractivity contribution in [2.45, 2.75) is 0 Å². The third kappa shape index (κ3) is 2.59. The molecular weight excluding hydrogens is 164 g/mol. The Hall–Kier alpha value is -0.770. The zero-order chi connectivity index (χ0) is 9.84. The van der Waals surface area contributed by atoms with Gasteiger partial charge in [0, 0.05) is 47.3 Å². The molecule has 4 heteroatoms. The molecule has 0 aromatic rings. The molecule has 1 saturated heterocycles. The SMILES string of the molecule is C/N=C(\N(C)C)N1CCN(C)CC1. The molecule has 0 unspecified atom stereocenters. The van der Waals surface area contributed by atoms with Crippen molar-refractivity contribution in [2.24, 2.45) is 4.99 Å². The first-order valence-electron chi connectivity index (χ1n) is 4.72. The maximum atomic E-state index is 4.29. The Bertz CT molecular complexity index is 180. The number of likely N-dealkylation sites (N-methyl/N-ethyl adjacent to an activating group) is 1. The van der Waals surface area contributed by atoms with Crippen molar-refractivity contribution in [3.63, 3.8) is 0 Å². The minimum Gasteiger partial charge on any atom is -0.349 e. The number of aliphatic imine (C=N–C) groups is 1. The molecule has 4 nitrogen and oxygen atoms in total. The van der Waals surface area contributed by atoms with Crippen LogP contribution in [0.25, 0.3) is 0 Å². The number of hydrogen-bond donors (Lipinski definition) is 0. The summed E-state index contributed by atoms with van der Waals surface area (Å²) in [5.74, 6) is 1.09. The lowest BCUT2D eigenvalue weighted by atomic mass is 10.3. The van der Waals surface area contributed by atoms with Crippen LogP contribution in [-0.4, -0.2) is 75.0 Å². The Balaban J connectivity index is 2.52. The zero-order valence-electron chi connectivity index (χ0n) is 9.12. The fourth-order valence-corrected chi connectivity index (χ4v) is 1.63. The summed E-state index contributed by atoms with van der Waals surface area (Å²) in [6.45, 7) is 4.43. The minimum atomic E-state index is 1.08. The average molecular weight is 184 g/mol. The molecule has 1 rings (SSSR count). The van der Waals surface area contributed by atoms with E-state index in [0.29, 0.717) is 0 Å². The average Bonchev–Trinajstić information content (AvgIpc) is 2.09. The van der Waals surface area contributed by atoms with Crippen LogP contribution >= 0.6 is 0 Å². The number of nitrogens with zero attached hydrogens (tertiary/aromatic N) is 4. The maximum absolute atomic E-state index is 4.29. The first-order chi connectivity index (χ1) is 6.15. The Kier molecular flexibility index (Phi) is 3.54. The van der Waals surface area contributed by atoms with E-state index in [9.17, 15) is 0 Å². The van der Waals surface area contributed by atoms with E-state index in [4.69, 9.17) is 0 Å². The molecule has 0 aliphatic carbocycles. The highest BCUT2D eigenvalue weighted by Gasteiger charge is 2.17. The van der Waals surface area contributed by atoms with E-state index in [1.54, 1.807) is 0 Å². The molecule has 1 fully saturated rings. The molecule has 0 N–H and O–H groups in total. The Morgan fingerprint density at radius 2 is 1.69 bits per heavy atom. The second-order valence-corrected chi connectivity index (χ2v) is 3.71. The van der Waals surface area contributed by atoms with Gasteiger partial charge in [-0.05, 0) is 7.05 Å². The molecule has 0 aromatic carbocycles. The summed E-state index contributed by atoms with van der Waals surface area (Å²) < 4.78 is 0. The van der Waals surface area contributed by atoms with E-state index in [0.717, 1.165) is 32.1 Å². The van der Waals surface area contributed by atoms with Crippen molar-refractivity contribution in [1.29, 1.82) is 0 Å². The normalized spacial score (nSPS) is 20.6. The molecule has 0 atom stereocenters. The Morgan fingerprint density at radius 1 is 1.15 bits per heavy atom. The van der Waals surface area contributed by atoms with Gasteiger partial charge in [-0.2, -0.15) is 0 Å². The molecule has 0 aromatic heterocycles. The lowest BCUT2D eigenvalue weighted by Crippen LogP contribution is -2.51. The van der Waals surface area contributed by atoms with Gasteiger partial charge in [-0.25, -0.2) is 0 Å². The van der Waals surface area contributed by atoms with E-state index < -0.39 is 0 Å². The van der Waals surface area contributed by atoms with Crippen LogP contribution in [0.4, 0.5) is 0 Å². The van der Waals surface area contributed by atoms with Gasteiger partial charge in [0.05, 0.1) is 0 Å². The summed E-state index contributed by atoms with van der Waals surface area (Å²) in [6.07, 6.45) is 0. The van der Waals surface area contributed by atoms with E-state index in [-0.39, 0.29) is 0 Å².